The Kier molecular flexibility index (Phi) is 6.53. The van der Waals surface area contributed by atoms with E-state index < -0.39 is 5.82 Å². The Morgan fingerprint density at radius 1 is 1.15 bits per heavy atom. The van der Waals surface area contributed by atoms with Crippen LogP contribution < -0.4 is 5.69 Å². The van der Waals surface area contributed by atoms with Crippen LogP contribution in [0.1, 0.15) is 37.2 Å². The number of rotatable bonds is 2. The number of nitrogens with one attached hydrogen (secondary N) is 1. The second kappa shape index (κ2) is 9.06. The van der Waals surface area contributed by atoms with Crippen LogP contribution in [-0.4, -0.2) is 19.9 Å². The van der Waals surface area contributed by atoms with E-state index >= 15 is 0 Å². The average molecular weight is 407 g/mol. The Labute approximate surface area is 165 Å². The lowest BCUT2D eigenvalue weighted by Gasteiger charge is -2.11. The van der Waals surface area contributed by atoms with Crippen molar-refractivity contribution >= 4 is 23.2 Å². The van der Waals surface area contributed by atoms with Gasteiger partial charge in [0.25, 0.3) is 0 Å². The Balaban J connectivity index is 0.000000253. The molecule has 0 atom stereocenters. The molecule has 2 aromatic heterocycles. The van der Waals surface area contributed by atoms with Crippen LogP contribution in [0.2, 0.25) is 10.2 Å². The standard InChI is InChI=1S/C15H13Cl2FN2.C4H4N2O/c16-10-5-6-13(18)11(7-10)15-19-8-12(14(17)20-15)9-3-1-2-4-9;7-4-5-2-1-3-6-4/h5-9H,1-4H2;1-3H,(H,5,6,7). The lowest BCUT2D eigenvalue weighted by Crippen LogP contribution is -2.05. The predicted octanol–water partition coefficient (Wildman–Crippen LogP) is 5.02. The van der Waals surface area contributed by atoms with Gasteiger partial charge in [0.05, 0.1) is 5.56 Å². The van der Waals surface area contributed by atoms with Crippen LogP contribution in [0.3, 0.4) is 0 Å². The number of hydrogen-bond donors (Lipinski definition) is 1. The third-order valence-corrected chi connectivity index (χ3v) is 4.85. The molecule has 0 bridgehead atoms. The summed E-state index contributed by atoms with van der Waals surface area (Å²) in [6, 6.07) is 5.97. The topological polar surface area (TPSA) is 71.5 Å². The fourth-order valence-corrected chi connectivity index (χ4v) is 3.45. The van der Waals surface area contributed by atoms with Gasteiger partial charge in [-0.15, -0.1) is 0 Å². The summed E-state index contributed by atoms with van der Waals surface area (Å²) in [6.07, 6.45) is 9.37. The van der Waals surface area contributed by atoms with E-state index in [0.717, 1.165) is 18.4 Å². The van der Waals surface area contributed by atoms with E-state index in [4.69, 9.17) is 23.2 Å². The van der Waals surface area contributed by atoms with Crippen molar-refractivity contribution in [3.05, 3.63) is 74.9 Å². The molecular weight excluding hydrogens is 390 g/mol. The van der Waals surface area contributed by atoms with Gasteiger partial charge in [-0.05, 0) is 43.0 Å². The summed E-state index contributed by atoms with van der Waals surface area (Å²) in [5, 5.41) is 0.863. The van der Waals surface area contributed by atoms with Gasteiger partial charge in [-0.25, -0.2) is 24.1 Å². The molecule has 0 aliphatic heterocycles. The van der Waals surface area contributed by atoms with Gasteiger partial charge in [0.2, 0.25) is 0 Å². The number of aromatic nitrogens is 4. The molecule has 1 N–H and O–H groups in total. The zero-order valence-electron chi connectivity index (χ0n) is 14.3. The molecule has 0 radical (unpaired) electrons. The van der Waals surface area contributed by atoms with Gasteiger partial charge < -0.3 is 4.98 Å². The monoisotopic (exact) mass is 406 g/mol. The minimum absolute atomic E-state index is 0.275. The summed E-state index contributed by atoms with van der Waals surface area (Å²) < 4.78 is 13.8. The van der Waals surface area contributed by atoms with Crippen LogP contribution in [0.5, 0.6) is 0 Å². The van der Waals surface area contributed by atoms with Crippen LogP contribution in [0.25, 0.3) is 11.4 Å². The highest BCUT2D eigenvalue weighted by molar-refractivity contribution is 6.31. The molecule has 2 heterocycles. The maximum absolute atomic E-state index is 13.8. The van der Waals surface area contributed by atoms with Crippen molar-refractivity contribution in [2.45, 2.75) is 31.6 Å². The zero-order chi connectivity index (χ0) is 19.2. The van der Waals surface area contributed by atoms with Crippen molar-refractivity contribution in [3.8, 4) is 11.4 Å². The van der Waals surface area contributed by atoms with Gasteiger partial charge in [-0.1, -0.05) is 36.0 Å². The number of hydrogen-bond acceptors (Lipinski definition) is 4. The Hall–Kier alpha value is -2.31. The molecule has 8 heteroatoms. The first-order chi connectivity index (χ1) is 13.0. The highest BCUT2D eigenvalue weighted by atomic mass is 35.5. The SMILES string of the molecule is Fc1ccc(Cl)cc1-c1ncc(C2CCCC2)c(Cl)n1.O=c1nccc[nH]1. The van der Waals surface area contributed by atoms with Crippen LogP contribution >= 0.6 is 23.2 Å². The van der Waals surface area contributed by atoms with E-state index in [0.29, 0.717) is 16.1 Å². The summed E-state index contributed by atoms with van der Waals surface area (Å²) >= 11 is 12.1. The molecule has 1 aromatic carbocycles. The third kappa shape index (κ3) is 5.11. The smallest absolute Gasteiger partial charge is 0.313 e. The van der Waals surface area contributed by atoms with Crippen LogP contribution in [0.4, 0.5) is 4.39 Å². The summed E-state index contributed by atoms with van der Waals surface area (Å²) in [6.45, 7) is 0. The Morgan fingerprint density at radius 2 is 1.93 bits per heavy atom. The minimum Gasteiger partial charge on any atom is -0.313 e. The van der Waals surface area contributed by atoms with E-state index in [-0.39, 0.29) is 17.1 Å². The van der Waals surface area contributed by atoms with Crippen molar-refractivity contribution in [1.82, 2.24) is 19.9 Å². The van der Waals surface area contributed by atoms with Crippen LogP contribution in [-0.2, 0) is 0 Å². The molecule has 4 rings (SSSR count). The molecular formula is C19H17Cl2FN4O. The Morgan fingerprint density at radius 3 is 2.52 bits per heavy atom. The second-order valence-corrected chi connectivity index (χ2v) is 6.93. The summed E-state index contributed by atoms with van der Waals surface area (Å²) in [7, 11) is 0. The fourth-order valence-electron chi connectivity index (χ4n) is 2.99. The predicted molar refractivity (Wildman–Crippen MR) is 104 cm³/mol. The van der Waals surface area contributed by atoms with E-state index in [1.165, 1.54) is 43.4 Å². The Bertz CT molecular complexity index is 956. The minimum atomic E-state index is -0.404. The van der Waals surface area contributed by atoms with Gasteiger partial charge in [0.15, 0.2) is 5.82 Å². The van der Waals surface area contributed by atoms with Gasteiger partial charge in [-0.2, -0.15) is 0 Å². The van der Waals surface area contributed by atoms with Crippen LogP contribution in [0, 0.1) is 5.82 Å². The average Bonchev–Trinajstić information content (AvgIpc) is 3.19. The van der Waals surface area contributed by atoms with Gasteiger partial charge in [0, 0.05) is 29.2 Å². The van der Waals surface area contributed by atoms with Gasteiger partial charge >= 0.3 is 5.69 Å². The van der Waals surface area contributed by atoms with Crippen LogP contribution in [0.15, 0.2) is 47.7 Å². The molecule has 140 valence electrons. The number of halogens is 3. The number of nitrogens with zero attached hydrogens (tertiary/aromatic N) is 3. The third-order valence-electron chi connectivity index (χ3n) is 4.31. The lowest BCUT2D eigenvalue weighted by molar-refractivity contribution is 0.629. The molecule has 0 spiro atoms. The van der Waals surface area contributed by atoms with Gasteiger partial charge in [-0.3, -0.25) is 0 Å². The number of aromatic amines is 1. The molecule has 1 fully saturated rings. The first kappa shape index (κ1) is 19.5. The van der Waals surface area contributed by atoms with Crippen molar-refractivity contribution in [3.63, 3.8) is 0 Å². The first-order valence-corrected chi connectivity index (χ1v) is 9.28. The zero-order valence-corrected chi connectivity index (χ0v) is 15.8. The highest BCUT2D eigenvalue weighted by Crippen LogP contribution is 2.37. The lowest BCUT2D eigenvalue weighted by atomic mass is 10.0. The normalized spacial score (nSPS) is 13.9. The highest BCUT2D eigenvalue weighted by Gasteiger charge is 2.21. The molecule has 27 heavy (non-hydrogen) atoms. The van der Waals surface area contributed by atoms with Crippen molar-refractivity contribution in [1.29, 1.82) is 0 Å². The van der Waals surface area contributed by atoms with E-state index in [9.17, 15) is 9.18 Å². The number of benzene rings is 1. The van der Waals surface area contributed by atoms with E-state index in [1.54, 1.807) is 12.3 Å². The molecule has 0 saturated heterocycles. The van der Waals surface area contributed by atoms with Crippen molar-refractivity contribution in [2.24, 2.45) is 0 Å². The maximum Gasteiger partial charge on any atom is 0.344 e. The van der Waals surface area contributed by atoms with E-state index in [1.807, 2.05) is 0 Å². The summed E-state index contributed by atoms with van der Waals surface area (Å²) in [4.78, 5) is 24.3. The van der Waals surface area contributed by atoms with Gasteiger partial charge in [0.1, 0.15) is 11.0 Å². The number of H-pyrrole nitrogens is 1. The second-order valence-electron chi connectivity index (χ2n) is 6.13. The van der Waals surface area contributed by atoms with Crippen molar-refractivity contribution in [2.75, 3.05) is 0 Å². The molecule has 0 unspecified atom stereocenters. The maximum atomic E-state index is 13.8. The summed E-state index contributed by atoms with van der Waals surface area (Å²) in [5.74, 6) is 0.302. The molecule has 5 nitrogen and oxygen atoms in total. The van der Waals surface area contributed by atoms with Crippen molar-refractivity contribution < 1.29 is 4.39 Å². The first-order valence-electron chi connectivity index (χ1n) is 8.52. The summed E-state index contributed by atoms with van der Waals surface area (Å²) in [5.41, 5.74) is 0.940. The molecule has 1 aliphatic carbocycles. The fraction of sp³-hybridized carbons (Fsp3) is 0.263. The quantitative estimate of drug-likeness (QED) is 0.606. The molecule has 1 saturated carbocycles. The largest absolute Gasteiger partial charge is 0.344 e. The molecule has 3 aromatic rings. The molecule has 1 aliphatic rings. The van der Waals surface area contributed by atoms with E-state index in [2.05, 4.69) is 19.9 Å². The molecule has 0 amide bonds.